The van der Waals surface area contributed by atoms with Crippen LogP contribution >= 0.6 is 0 Å². The zero-order valence-electron chi connectivity index (χ0n) is 14.6. The van der Waals surface area contributed by atoms with E-state index in [1.807, 2.05) is 24.3 Å². The standard InChI is InChI=1S/C14H16N2O3.C4H4O4/c1-2-18-14(17)10-19-12-5-3-4-11(8-12)9-13-15-6-7-16-13;5-3(6)1-2-4(7)8/h3-8H,2,9-10H2,1H3,(H,15,16);1-2H,(H,5,6)(H,7,8)/b;2-1+. The van der Waals surface area contributed by atoms with Crippen molar-refractivity contribution in [2.24, 2.45) is 0 Å². The molecule has 1 heterocycles. The SMILES string of the molecule is CCOC(=O)COc1cccc(Cc2ncc[nH]2)c1.O=C(O)/C=C/C(=O)O. The van der Waals surface area contributed by atoms with Crippen LogP contribution in [-0.4, -0.2) is 51.3 Å². The Labute approximate surface area is 155 Å². The summed E-state index contributed by atoms with van der Waals surface area (Å²) in [5.74, 6) is -1.33. The first-order chi connectivity index (χ1) is 12.9. The van der Waals surface area contributed by atoms with Crippen LogP contribution in [0, 0.1) is 0 Å². The largest absolute Gasteiger partial charge is 0.482 e. The maximum atomic E-state index is 11.2. The number of rotatable bonds is 8. The number of aromatic amines is 1. The lowest BCUT2D eigenvalue weighted by Gasteiger charge is -2.07. The van der Waals surface area contributed by atoms with Crippen LogP contribution in [0.2, 0.25) is 0 Å². The third-order valence-electron chi connectivity index (χ3n) is 2.86. The summed E-state index contributed by atoms with van der Waals surface area (Å²) in [6.07, 6.45) is 5.32. The Balaban J connectivity index is 0.000000387. The number of carboxylic acids is 2. The van der Waals surface area contributed by atoms with Crippen LogP contribution in [0.4, 0.5) is 0 Å². The van der Waals surface area contributed by atoms with Gasteiger partial charge >= 0.3 is 17.9 Å². The summed E-state index contributed by atoms with van der Waals surface area (Å²) in [5.41, 5.74) is 1.07. The van der Waals surface area contributed by atoms with E-state index in [0.29, 0.717) is 30.9 Å². The van der Waals surface area contributed by atoms with Gasteiger partial charge in [-0.15, -0.1) is 0 Å². The molecule has 0 spiro atoms. The van der Waals surface area contributed by atoms with E-state index < -0.39 is 11.9 Å². The van der Waals surface area contributed by atoms with Crippen molar-refractivity contribution in [1.82, 2.24) is 9.97 Å². The number of imidazole rings is 1. The van der Waals surface area contributed by atoms with Crippen molar-refractivity contribution in [1.29, 1.82) is 0 Å². The quantitative estimate of drug-likeness (QED) is 0.467. The molecule has 0 unspecified atom stereocenters. The molecule has 0 amide bonds. The molecule has 0 aliphatic heterocycles. The second kappa shape index (κ2) is 11.9. The number of aromatic nitrogens is 2. The Morgan fingerprint density at radius 1 is 1.19 bits per heavy atom. The van der Waals surface area contributed by atoms with Gasteiger partial charge in [0.1, 0.15) is 11.6 Å². The molecule has 0 bridgehead atoms. The van der Waals surface area contributed by atoms with Gasteiger partial charge in [-0.25, -0.2) is 19.4 Å². The van der Waals surface area contributed by atoms with Gasteiger partial charge in [-0.2, -0.15) is 0 Å². The number of carbonyl (C=O) groups excluding carboxylic acids is 1. The Bertz CT molecular complexity index is 754. The van der Waals surface area contributed by atoms with E-state index in [0.717, 1.165) is 11.4 Å². The molecule has 0 fully saturated rings. The minimum atomic E-state index is -1.26. The highest BCUT2D eigenvalue weighted by molar-refractivity contribution is 5.89. The summed E-state index contributed by atoms with van der Waals surface area (Å²) < 4.78 is 10.2. The number of nitrogens with zero attached hydrogens (tertiary/aromatic N) is 1. The molecule has 0 aliphatic carbocycles. The topological polar surface area (TPSA) is 139 Å². The van der Waals surface area contributed by atoms with Gasteiger partial charge in [0, 0.05) is 31.0 Å². The molecular weight excluding hydrogens is 356 g/mol. The number of hydrogen-bond donors (Lipinski definition) is 3. The number of aliphatic carboxylic acids is 2. The maximum Gasteiger partial charge on any atom is 0.344 e. The summed E-state index contributed by atoms with van der Waals surface area (Å²) in [6, 6.07) is 7.57. The molecule has 1 aromatic carbocycles. The van der Waals surface area contributed by atoms with Crippen LogP contribution in [0.5, 0.6) is 5.75 Å². The van der Waals surface area contributed by atoms with Crippen molar-refractivity contribution in [3.05, 3.63) is 60.2 Å². The van der Waals surface area contributed by atoms with Gasteiger partial charge < -0.3 is 24.7 Å². The molecule has 0 atom stereocenters. The van der Waals surface area contributed by atoms with Crippen molar-refractivity contribution in [2.75, 3.05) is 13.2 Å². The second-order valence-corrected chi connectivity index (χ2v) is 4.96. The summed E-state index contributed by atoms with van der Waals surface area (Å²) in [5, 5.41) is 15.6. The minimum absolute atomic E-state index is 0.0714. The molecule has 27 heavy (non-hydrogen) atoms. The molecule has 0 radical (unpaired) electrons. The van der Waals surface area contributed by atoms with Crippen molar-refractivity contribution in [2.45, 2.75) is 13.3 Å². The maximum absolute atomic E-state index is 11.2. The van der Waals surface area contributed by atoms with Gasteiger partial charge in [-0.1, -0.05) is 12.1 Å². The lowest BCUT2D eigenvalue weighted by atomic mass is 10.1. The van der Waals surface area contributed by atoms with Crippen LogP contribution < -0.4 is 4.74 Å². The Morgan fingerprint density at radius 2 is 1.89 bits per heavy atom. The average molecular weight is 376 g/mol. The number of hydrogen-bond acceptors (Lipinski definition) is 6. The fourth-order valence-corrected chi connectivity index (χ4v) is 1.82. The molecule has 2 rings (SSSR count). The monoisotopic (exact) mass is 376 g/mol. The highest BCUT2D eigenvalue weighted by Gasteiger charge is 2.04. The first kappa shape index (κ1) is 21.4. The molecule has 1 aromatic heterocycles. The van der Waals surface area contributed by atoms with Gasteiger partial charge in [-0.3, -0.25) is 0 Å². The summed E-state index contributed by atoms with van der Waals surface area (Å²) in [7, 11) is 0. The molecule has 3 N–H and O–H groups in total. The van der Waals surface area contributed by atoms with E-state index >= 15 is 0 Å². The minimum Gasteiger partial charge on any atom is -0.482 e. The molecule has 0 aliphatic rings. The van der Waals surface area contributed by atoms with Gasteiger partial charge in [-0.05, 0) is 24.6 Å². The van der Waals surface area contributed by atoms with Gasteiger partial charge in [0.25, 0.3) is 0 Å². The zero-order valence-corrected chi connectivity index (χ0v) is 14.6. The summed E-state index contributed by atoms with van der Waals surface area (Å²) in [4.78, 5) is 37.5. The molecule has 9 heteroatoms. The number of benzene rings is 1. The molecule has 0 saturated heterocycles. The first-order valence-corrected chi connectivity index (χ1v) is 7.90. The fourth-order valence-electron chi connectivity index (χ4n) is 1.82. The van der Waals surface area contributed by atoms with Crippen LogP contribution in [0.3, 0.4) is 0 Å². The lowest BCUT2D eigenvalue weighted by molar-refractivity contribution is -0.145. The third kappa shape index (κ3) is 10.1. The number of carbonyl (C=O) groups is 3. The van der Waals surface area contributed by atoms with Crippen molar-refractivity contribution >= 4 is 17.9 Å². The zero-order chi connectivity index (χ0) is 20.1. The van der Waals surface area contributed by atoms with Crippen LogP contribution in [0.15, 0.2) is 48.8 Å². The Morgan fingerprint density at radius 3 is 2.44 bits per heavy atom. The molecule has 9 nitrogen and oxygen atoms in total. The predicted molar refractivity (Wildman–Crippen MR) is 94.4 cm³/mol. The highest BCUT2D eigenvalue weighted by Crippen LogP contribution is 2.15. The number of esters is 1. The predicted octanol–water partition coefficient (Wildman–Crippen LogP) is 1.65. The van der Waals surface area contributed by atoms with Crippen molar-refractivity contribution < 1.29 is 34.1 Å². The van der Waals surface area contributed by atoms with Crippen LogP contribution in [0.1, 0.15) is 18.3 Å². The van der Waals surface area contributed by atoms with Crippen molar-refractivity contribution in [3.63, 3.8) is 0 Å². The van der Waals surface area contributed by atoms with E-state index in [-0.39, 0.29) is 12.6 Å². The number of ether oxygens (including phenoxy) is 2. The normalized spacial score (nSPS) is 9.96. The number of nitrogens with one attached hydrogen (secondary N) is 1. The average Bonchev–Trinajstić information content (AvgIpc) is 3.12. The van der Waals surface area contributed by atoms with E-state index in [2.05, 4.69) is 9.97 Å². The van der Waals surface area contributed by atoms with Crippen LogP contribution in [0.25, 0.3) is 0 Å². The third-order valence-corrected chi connectivity index (χ3v) is 2.86. The van der Waals surface area contributed by atoms with E-state index in [1.54, 1.807) is 19.3 Å². The molecular formula is C18H20N2O7. The molecule has 0 saturated carbocycles. The fraction of sp³-hybridized carbons (Fsp3) is 0.222. The Hall–Kier alpha value is -3.62. The Kier molecular flexibility index (Phi) is 9.40. The van der Waals surface area contributed by atoms with E-state index in [9.17, 15) is 14.4 Å². The van der Waals surface area contributed by atoms with Gasteiger partial charge in [0.2, 0.25) is 0 Å². The second-order valence-electron chi connectivity index (χ2n) is 4.96. The molecule has 2 aromatic rings. The first-order valence-electron chi connectivity index (χ1n) is 7.90. The van der Waals surface area contributed by atoms with Crippen molar-refractivity contribution in [3.8, 4) is 5.75 Å². The van der Waals surface area contributed by atoms with Crippen LogP contribution in [-0.2, 0) is 25.5 Å². The summed E-state index contributed by atoms with van der Waals surface area (Å²) in [6.45, 7) is 2.06. The molecule has 144 valence electrons. The highest BCUT2D eigenvalue weighted by atomic mass is 16.6. The number of carboxylic acid groups (broad SMARTS) is 2. The van der Waals surface area contributed by atoms with Gasteiger partial charge in [0.05, 0.1) is 6.61 Å². The lowest BCUT2D eigenvalue weighted by Crippen LogP contribution is -2.14. The van der Waals surface area contributed by atoms with E-state index in [1.165, 1.54) is 0 Å². The smallest absolute Gasteiger partial charge is 0.344 e. The van der Waals surface area contributed by atoms with E-state index in [4.69, 9.17) is 19.7 Å². The number of H-pyrrole nitrogens is 1. The summed E-state index contributed by atoms with van der Waals surface area (Å²) >= 11 is 0. The van der Waals surface area contributed by atoms with Gasteiger partial charge in [0.15, 0.2) is 6.61 Å².